The van der Waals surface area contributed by atoms with Crippen molar-refractivity contribution in [3.8, 4) is 5.75 Å². The molecule has 0 aliphatic rings. The minimum absolute atomic E-state index is 0.0552. The molecule has 0 heterocycles. The van der Waals surface area contributed by atoms with Crippen molar-refractivity contribution < 1.29 is 9.90 Å². The normalized spacial score (nSPS) is 10.4. The van der Waals surface area contributed by atoms with Crippen molar-refractivity contribution in [2.24, 2.45) is 0 Å². The van der Waals surface area contributed by atoms with E-state index in [9.17, 15) is 9.90 Å². The number of halogens is 3. The van der Waals surface area contributed by atoms with Crippen LogP contribution in [0.3, 0.4) is 0 Å². The average Bonchev–Trinajstić information content (AvgIpc) is 2.40. The Bertz CT molecular complexity index is 656. The molecule has 0 saturated carbocycles. The zero-order valence-corrected chi connectivity index (χ0v) is 17.9. The lowest BCUT2D eigenvalue weighted by atomic mass is 10.3. The molecule has 3 nitrogen and oxygen atoms in total. The molecule has 2 aromatic carbocycles. The quantitative estimate of drug-likeness (QED) is 0.370. The summed E-state index contributed by atoms with van der Waals surface area (Å²) in [4.78, 5) is 12.9. The van der Waals surface area contributed by atoms with Gasteiger partial charge >= 0.3 is 0 Å². The summed E-state index contributed by atoms with van der Waals surface area (Å²) >= 11 is 8.11. The number of phenols is 1. The summed E-state index contributed by atoms with van der Waals surface area (Å²) in [5.74, 6) is 0.462. The minimum Gasteiger partial charge on any atom is -0.508 e. The Morgan fingerprint density at radius 1 is 1.14 bits per heavy atom. The SMILES string of the molecule is O=C(CSc1cccc(O)c1)Nc1c(I)cc(I)cc1I. The molecule has 0 fully saturated rings. The van der Waals surface area contributed by atoms with E-state index in [0.717, 1.165) is 21.3 Å². The summed E-state index contributed by atoms with van der Waals surface area (Å²) in [5.41, 5.74) is 0.859. The molecule has 110 valence electrons. The molecule has 21 heavy (non-hydrogen) atoms. The molecule has 2 aromatic rings. The first kappa shape index (κ1) is 17.6. The topological polar surface area (TPSA) is 49.3 Å². The van der Waals surface area contributed by atoms with Gasteiger partial charge in [-0.15, -0.1) is 11.8 Å². The number of phenolic OH excluding ortho intramolecular Hbond substituents is 1. The van der Waals surface area contributed by atoms with Crippen LogP contribution in [0.4, 0.5) is 5.69 Å². The lowest BCUT2D eigenvalue weighted by Crippen LogP contribution is -2.16. The van der Waals surface area contributed by atoms with Gasteiger partial charge in [0, 0.05) is 15.6 Å². The largest absolute Gasteiger partial charge is 0.508 e. The lowest BCUT2D eigenvalue weighted by molar-refractivity contribution is -0.113. The number of nitrogens with one attached hydrogen (secondary N) is 1. The van der Waals surface area contributed by atoms with Gasteiger partial charge in [0.15, 0.2) is 0 Å². The number of carbonyl (C=O) groups excluding carboxylic acids is 1. The Morgan fingerprint density at radius 2 is 1.81 bits per heavy atom. The van der Waals surface area contributed by atoms with Crippen molar-refractivity contribution in [3.05, 3.63) is 47.1 Å². The fourth-order valence-electron chi connectivity index (χ4n) is 1.56. The maximum atomic E-state index is 12.1. The molecule has 0 bridgehead atoms. The molecule has 0 aliphatic carbocycles. The smallest absolute Gasteiger partial charge is 0.234 e. The van der Waals surface area contributed by atoms with Gasteiger partial charge in [0.2, 0.25) is 5.91 Å². The van der Waals surface area contributed by atoms with Crippen LogP contribution in [0.25, 0.3) is 0 Å². The number of thioether (sulfide) groups is 1. The number of anilines is 1. The van der Waals surface area contributed by atoms with Crippen molar-refractivity contribution in [2.45, 2.75) is 4.90 Å². The zero-order valence-electron chi connectivity index (χ0n) is 10.6. The van der Waals surface area contributed by atoms with Crippen molar-refractivity contribution in [3.63, 3.8) is 0 Å². The van der Waals surface area contributed by atoms with Crippen LogP contribution in [-0.2, 0) is 4.79 Å². The van der Waals surface area contributed by atoms with Crippen LogP contribution < -0.4 is 5.32 Å². The second-order valence-electron chi connectivity index (χ2n) is 4.08. The summed E-state index contributed by atoms with van der Waals surface area (Å²) < 4.78 is 3.20. The average molecular weight is 637 g/mol. The van der Waals surface area contributed by atoms with Gasteiger partial charge in [-0.2, -0.15) is 0 Å². The summed E-state index contributed by atoms with van der Waals surface area (Å²) in [6.07, 6.45) is 0. The van der Waals surface area contributed by atoms with Crippen LogP contribution in [0.1, 0.15) is 0 Å². The van der Waals surface area contributed by atoms with Crippen LogP contribution in [0, 0.1) is 10.7 Å². The second-order valence-corrected chi connectivity index (χ2v) is 8.70. The third-order valence-electron chi connectivity index (χ3n) is 2.46. The van der Waals surface area contributed by atoms with E-state index in [2.05, 4.69) is 73.1 Å². The van der Waals surface area contributed by atoms with Crippen molar-refractivity contribution in [1.82, 2.24) is 0 Å². The third-order valence-corrected chi connectivity index (χ3v) is 5.78. The van der Waals surface area contributed by atoms with Crippen molar-refractivity contribution >= 4 is 91.1 Å². The lowest BCUT2D eigenvalue weighted by Gasteiger charge is -2.10. The molecular formula is C14H10I3NO2S. The standard InChI is InChI=1S/C14H10I3NO2S/c15-8-4-11(16)14(12(17)5-8)18-13(20)7-21-10-3-1-2-9(19)6-10/h1-6,19H,7H2,(H,18,20). The van der Waals surface area contributed by atoms with Gasteiger partial charge in [0.25, 0.3) is 0 Å². The second kappa shape index (κ2) is 8.20. The van der Waals surface area contributed by atoms with Crippen LogP contribution in [0.15, 0.2) is 41.3 Å². The highest BCUT2D eigenvalue weighted by atomic mass is 127. The molecule has 0 atom stereocenters. The Hall–Kier alpha value is 0.250. The molecule has 0 aliphatic heterocycles. The van der Waals surface area contributed by atoms with E-state index in [-0.39, 0.29) is 11.7 Å². The van der Waals surface area contributed by atoms with E-state index in [1.807, 2.05) is 18.2 Å². The van der Waals surface area contributed by atoms with Crippen LogP contribution in [0.2, 0.25) is 0 Å². The zero-order chi connectivity index (χ0) is 15.4. The van der Waals surface area contributed by atoms with E-state index in [1.54, 1.807) is 18.2 Å². The predicted molar refractivity (Wildman–Crippen MR) is 112 cm³/mol. The van der Waals surface area contributed by atoms with E-state index in [1.165, 1.54) is 11.8 Å². The fraction of sp³-hybridized carbons (Fsp3) is 0.0714. The Morgan fingerprint density at radius 3 is 2.43 bits per heavy atom. The van der Waals surface area contributed by atoms with Gasteiger partial charge in [0.05, 0.1) is 11.4 Å². The first-order valence-corrected chi connectivity index (χ1v) is 10.0. The first-order valence-electron chi connectivity index (χ1n) is 5.82. The van der Waals surface area contributed by atoms with E-state index < -0.39 is 0 Å². The summed E-state index contributed by atoms with van der Waals surface area (Å²) in [6.45, 7) is 0. The van der Waals surface area contributed by atoms with Gasteiger partial charge in [-0.05, 0) is 98.1 Å². The van der Waals surface area contributed by atoms with Gasteiger partial charge in [-0.1, -0.05) is 6.07 Å². The Balaban J connectivity index is 1.99. The predicted octanol–water partition coefficient (Wildman–Crippen LogP) is 4.94. The molecule has 2 N–H and O–H groups in total. The number of aromatic hydroxyl groups is 1. The van der Waals surface area contributed by atoms with E-state index in [0.29, 0.717) is 5.75 Å². The number of hydrogen-bond acceptors (Lipinski definition) is 3. The molecule has 0 unspecified atom stereocenters. The maximum Gasteiger partial charge on any atom is 0.234 e. The highest BCUT2D eigenvalue weighted by molar-refractivity contribution is 14.1. The molecular weight excluding hydrogens is 627 g/mol. The molecule has 0 saturated heterocycles. The van der Waals surface area contributed by atoms with Gasteiger partial charge < -0.3 is 10.4 Å². The molecule has 1 amide bonds. The summed E-state index contributed by atoms with van der Waals surface area (Å²) in [5, 5.41) is 12.3. The number of rotatable bonds is 4. The van der Waals surface area contributed by atoms with Crippen LogP contribution in [0.5, 0.6) is 5.75 Å². The number of benzene rings is 2. The first-order chi connectivity index (χ1) is 9.95. The van der Waals surface area contributed by atoms with Crippen molar-refractivity contribution in [2.75, 3.05) is 11.1 Å². The minimum atomic E-state index is -0.0552. The number of amides is 1. The third kappa shape index (κ3) is 5.43. The van der Waals surface area contributed by atoms with Crippen LogP contribution in [-0.4, -0.2) is 16.8 Å². The molecule has 7 heteroatoms. The number of carbonyl (C=O) groups is 1. The van der Waals surface area contributed by atoms with Crippen molar-refractivity contribution in [1.29, 1.82) is 0 Å². The van der Waals surface area contributed by atoms with Crippen LogP contribution >= 0.6 is 79.5 Å². The molecule has 2 rings (SSSR count). The maximum absolute atomic E-state index is 12.1. The Labute approximate surface area is 168 Å². The molecule has 0 radical (unpaired) electrons. The molecule has 0 spiro atoms. The summed E-state index contributed by atoms with van der Waals surface area (Å²) in [7, 11) is 0. The van der Waals surface area contributed by atoms with E-state index >= 15 is 0 Å². The summed E-state index contributed by atoms with van der Waals surface area (Å²) in [6, 6.07) is 11.0. The van der Waals surface area contributed by atoms with E-state index in [4.69, 9.17) is 0 Å². The van der Waals surface area contributed by atoms with Gasteiger partial charge in [0.1, 0.15) is 5.75 Å². The number of hydrogen-bond donors (Lipinski definition) is 2. The Kier molecular flexibility index (Phi) is 6.87. The van der Waals surface area contributed by atoms with Gasteiger partial charge in [-0.25, -0.2) is 0 Å². The fourth-order valence-corrected chi connectivity index (χ4v) is 6.16. The highest BCUT2D eigenvalue weighted by Gasteiger charge is 2.11. The molecule has 0 aromatic heterocycles. The monoisotopic (exact) mass is 637 g/mol. The van der Waals surface area contributed by atoms with Gasteiger partial charge in [-0.3, -0.25) is 4.79 Å². The highest BCUT2D eigenvalue weighted by Crippen LogP contribution is 2.28.